The molecular formula is C13H23IO2Si. The predicted molar refractivity (Wildman–Crippen MR) is 83.0 cm³/mol. The van der Waals surface area contributed by atoms with E-state index in [9.17, 15) is 4.79 Å². The Morgan fingerprint density at radius 2 is 1.88 bits per heavy atom. The Morgan fingerprint density at radius 3 is 2.29 bits per heavy atom. The third kappa shape index (κ3) is 2.84. The minimum absolute atomic E-state index is 0.210. The van der Waals surface area contributed by atoms with Crippen LogP contribution in [0, 0.1) is 5.41 Å². The van der Waals surface area contributed by atoms with Gasteiger partial charge in [0.25, 0.3) is 0 Å². The summed E-state index contributed by atoms with van der Waals surface area (Å²) in [5.41, 5.74) is 0.554. The molecular weight excluding hydrogens is 343 g/mol. The van der Waals surface area contributed by atoms with Crippen LogP contribution < -0.4 is 0 Å². The highest BCUT2D eigenvalue weighted by Crippen LogP contribution is 2.51. The van der Waals surface area contributed by atoms with E-state index in [1.807, 2.05) is 0 Å². The smallest absolute Gasteiger partial charge is 0.185 e. The first-order valence-electron chi connectivity index (χ1n) is 6.08. The first-order chi connectivity index (χ1) is 7.56. The van der Waals surface area contributed by atoms with Crippen molar-refractivity contribution < 1.29 is 9.22 Å². The molecule has 0 aromatic carbocycles. The zero-order valence-electron chi connectivity index (χ0n) is 11.7. The second-order valence-corrected chi connectivity index (χ2v) is 11.9. The molecule has 0 radical (unpaired) electrons. The lowest BCUT2D eigenvalue weighted by molar-refractivity contribution is -0.132. The van der Waals surface area contributed by atoms with E-state index >= 15 is 0 Å². The number of halogens is 1. The first-order valence-corrected chi connectivity index (χ1v) is 10.6. The Labute approximate surface area is 119 Å². The summed E-state index contributed by atoms with van der Waals surface area (Å²) in [6, 6.07) is 0. The van der Waals surface area contributed by atoms with Crippen molar-refractivity contribution in [3.63, 3.8) is 0 Å². The van der Waals surface area contributed by atoms with Crippen molar-refractivity contribution in [1.29, 1.82) is 0 Å². The Balaban J connectivity index is 3.23. The summed E-state index contributed by atoms with van der Waals surface area (Å²) in [7, 11) is -1.74. The molecule has 0 amide bonds. The van der Waals surface area contributed by atoms with E-state index in [1.54, 1.807) is 0 Å². The third-order valence-electron chi connectivity index (χ3n) is 3.53. The van der Waals surface area contributed by atoms with E-state index < -0.39 is 13.9 Å². The minimum atomic E-state index is -1.74. The molecule has 0 N–H and O–H groups in total. The fraction of sp³-hybridized carbons (Fsp3) is 0.769. The Bertz CT molecular complexity index is 355. The highest BCUT2D eigenvalue weighted by Gasteiger charge is 2.52. The van der Waals surface area contributed by atoms with E-state index in [2.05, 4.69) is 63.0 Å². The fourth-order valence-electron chi connectivity index (χ4n) is 2.47. The zero-order chi connectivity index (χ0) is 13.5. The summed E-state index contributed by atoms with van der Waals surface area (Å²) in [6.45, 7) is 12.9. The van der Waals surface area contributed by atoms with Crippen molar-refractivity contribution in [3.8, 4) is 0 Å². The molecule has 0 aromatic heterocycles. The van der Waals surface area contributed by atoms with Crippen LogP contribution in [0.5, 0.6) is 0 Å². The zero-order valence-corrected chi connectivity index (χ0v) is 14.8. The van der Waals surface area contributed by atoms with Gasteiger partial charge in [-0.05, 0) is 65.6 Å². The van der Waals surface area contributed by atoms with Gasteiger partial charge in [-0.2, -0.15) is 0 Å². The van der Waals surface area contributed by atoms with E-state index in [-0.39, 0.29) is 5.41 Å². The number of allylic oxidation sites excluding steroid dienone is 1. The molecule has 0 spiro atoms. The van der Waals surface area contributed by atoms with Crippen LogP contribution >= 0.6 is 22.6 Å². The third-order valence-corrected chi connectivity index (χ3v) is 6.78. The van der Waals surface area contributed by atoms with Gasteiger partial charge in [-0.3, -0.25) is 0 Å². The monoisotopic (exact) mass is 366 g/mol. The first kappa shape index (κ1) is 15.4. The lowest BCUT2D eigenvalue weighted by Gasteiger charge is -2.49. The summed E-state index contributed by atoms with van der Waals surface area (Å²) in [5.74, 6) is 0. The SMILES string of the molecule is CC1=C(I)C(C)(C)C(C=O)(O[Si](C)(C)C)CC1. The molecule has 1 rings (SSSR count). The van der Waals surface area contributed by atoms with Gasteiger partial charge in [-0.15, -0.1) is 0 Å². The maximum Gasteiger partial charge on any atom is 0.185 e. The molecule has 1 atom stereocenters. The average molecular weight is 366 g/mol. The number of hydrogen-bond donors (Lipinski definition) is 0. The molecule has 0 fully saturated rings. The van der Waals surface area contributed by atoms with Gasteiger partial charge in [0.1, 0.15) is 5.60 Å². The molecule has 17 heavy (non-hydrogen) atoms. The number of carbonyl (C=O) groups excluding carboxylic acids is 1. The molecule has 0 aliphatic heterocycles. The van der Waals surface area contributed by atoms with Gasteiger partial charge >= 0.3 is 0 Å². The van der Waals surface area contributed by atoms with Crippen molar-refractivity contribution in [3.05, 3.63) is 9.15 Å². The van der Waals surface area contributed by atoms with Crippen LogP contribution in [0.25, 0.3) is 0 Å². The average Bonchev–Trinajstić information content (AvgIpc) is 2.18. The topological polar surface area (TPSA) is 26.3 Å². The normalized spacial score (nSPS) is 29.4. The molecule has 1 aliphatic rings. The maximum absolute atomic E-state index is 11.7. The van der Waals surface area contributed by atoms with E-state index in [0.29, 0.717) is 0 Å². The molecule has 0 heterocycles. The summed E-state index contributed by atoms with van der Waals surface area (Å²) in [6.07, 6.45) is 2.83. The molecule has 0 saturated heterocycles. The van der Waals surface area contributed by atoms with E-state index in [0.717, 1.165) is 19.1 Å². The number of rotatable bonds is 3. The van der Waals surface area contributed by atoms with Gasteiger partial charge < -0.3 is 9.22 Å². The second-order valence-electron chi connectivity index (χ2n) is 6.44. The molecule has 0 saturated carbocycles. The predicted octanol–water partition coefficient (Wildman–Crippen LogP) is 4.30. The highest BCUT2D eigenvalue weighted by molar-refractivity contribution is 14.1. The van der Waals surface area contributed by atoms with Gasteiger partial charge in [-0.25, -0.2) is 0 Å². The van der Waals surface area contributed by atoms with Gasteiger partial charge in [0.15, 0.2) is 14.6 Å². The van der Waals surface area contributed by atoms with Crippen LogP contribution in [0.1, 0.15) is 33.6 Å². The van der Waals surface area contributed by atoms with Crippen LogP contribution in [0.4, 0.5) is 0 Å². The van der Waals surface area contributed by atoms with Crippen LogP contribution in [-0.2, 0) is 9.22 Å². The summed E-state index contributed by atoms with van der Waals surface area (Å²) >= 11 is 2.38. The summed E-state index contributed by atoms with van der Waals surface area (Å²) in [5, 5.41) is 0. The molecule has 98 valence electrons. The summed E-state index contributed by atoms with van der Waals surface area (Å²) in [4.78, 5) is 11.7. The van der Waals surface area contributed by atoms with Crippen LogP contribution in [-0.4, -0.2) is 20.2 Å². The molecule has 0 bridgehead atoms. The Hall–Kier alpha value is 0.317. The second kappa shape index (κ2) is 4.77. The standard InChI is InChI=1S/C13H23IO2Si/c1-10-7-8-13(9-15,16-17(4,5)6)12(2,3)11(10)14/h9H,7-8H2,1-6H3. The minimum Gasteiger partial charge on any atom is -0.404 e. The highest BCUT2D eigenvalue weighted by atomic mass is 127. The van der Waals surface area contributed by atoms with Crippen molar-refractivity contribution in [2.24, 2.45) is 5.41 Å². The van der Waals surface area contributed by atoms with Crippen molar-refractivity contribution >= 4 is 37.2 Å². The maximum atomic E-state index is 11.7. The fourth-order valence-corrected chi connectivity index (χ4v) is 4.69. The molecule has 1 unspecified atom stereocenters. The Morgan fingerprint density at radius 1 is 1.35 bits per heavy atom. The van der Waals surface area contributed by atoms with Gasteiger partial charge in [0.05, 0.1) is 0 Å². The van der Waals surface area contributed by atoms with Crippen LogP contribution in [0.15, 0.2) is 9.15 Å². The van der Waals surface area contributed by atoms with Crippen LogP contribution in [0.2, 0.25) is 19.6 Å². The number of hydrogen-bond acceptors (Lipinski definition) is 2. The van der Waals surface area contributed by atoms with Gasteiger partial charge in [-0.1, -0.05) is 19.4 Å². The van der Waals surface area contributed by atoms with Crippen molar-refractivity contribution in [1.82, 2.24) is 0 Å². The Kier molecular flexibility index (Phi) is 4.32. The van der Waals surface area contributed by atoms with Crippen molar-refractivity contribution in [2.45, 2.75) is 58.9 Å². The quantitative estimate of drug-likeness (QED) is 0.423. The van der Waals surface area contributed by atoms with Crippen molar-refractivity contribution in [2.75, 3.05) is 0 Å². The molecule has 4 heteroatoms. The van der Waals surface area contributed by atoms with E-state index in [4.69, 9.17) is 4.43 Å². The largest absolute Gasteiger partial charge is 0.404 e. The lowest BCUT2D eigenvalue weighted by Crippen LogP contribution is -2.55. The number of carbonyl (C=O) groups is 1. The molecule has 2 nitrogen and oxygen atoms in total. The summed E-state index contributed by atoms with van der Waals surface area (Å²) < 4.78 is 7.57. The van der Waals surface area contributed by atoms with Gasteiger partial charge in [0.2, 0.25) is 0 Å². The van der Waals surface area contributed by atoms with Gasteiger partial charge in [0, 0.05) is 5.41 Å². The number of aldehydes is 1. The molecule has 1 aliphatic carbocycles. The lowest BCUT2D eigenvalue weighted by atomic mass is 9.68. The molecule has 0 aromatic rings. The van der Waals surface area contributed by atoms with E-state index in [1.165, 1.54) is 9.15 Å². The van der Waals surface area contributed by atoms with Crippen LogP contribution in [0.3, 0.4) is 0 Å².